The molecule has 0 fully saturated rings. The van der Waals surface area contributed by atoms with Gasteiger partial charge >= 0.3 is 0 Å². The third-order valence-corrected chi connectivity index (χ3v) is 6.73. The van der Waals surface area contributed by atoms with Gasteiger partial charge in [-0.1, -0.05) is 47.1 Å². The van der Waals surface area contributed by atoms with Crippen LogP contribution in [0, 0.1) is 6.92 Å². The lowest BCUT2D eigenvalue weighted by Crippen LogP contribution is -2.32. The molecule has 1 N–H and O–H groups in total. The lowest BCUT2D eigenvalue weighted by molar-refractivity contribution is -0.121. The first kappa shape index (κ1) is 22.0. The van der Waals surface area contributed by atoms with Gasteiger partial charge in [0.1, 0.15) is 11.4 Å². The summed E-state index contributed by atoms with van der Waals surface area (Å²) in [4.78, 5) is 35.6. The standard InChI is InChI=1S/C24H18ClN5O3S/c1-14-19-23(34-20(14)22-28-21(29-33-22)16-7-9-17(25)10-8-16)27-13-30(24(19)32)12-18(31)26-11-15-5-3-2-4-6-15/h2-10,13H,11-12H2,1H3,(H,26,31). The van der Waals surface area contributed by atoms with Crippen LogP contribution in [0.1, 0.15) is 11.1 Å². The van der Waals surface area contributed by atoms with Crippen LogP contribution in [0.15, 0.2) is 70.2 Å². The summed E-state index contributed by atoms with van der Waals surface area (Å²) in [5, 5.41) is 7.92. The number of halogens is 1. The van der Waals surface area contributed by atoms with Crippen LogP contribution < -0.4 is 10.9 Å². The Labute approximate surface area is 202 Å². The lowest BCUT2D eigenvalue weighted by Gasteiger charge is -2.07. The smallest absolute Gasteiger partial charge is 0.268 e. The molecule has 5 aromatic rings. The van der Waals surface area contributed by atoms with Crippen LogP contribution in [0.5, 0.6) is 0 Å². The van der Waals surface area contributed by atoms with Gasteiger partial charge in [0.05, 0.1) is 16.6 Å². The Balaban J connectivity index is 1.39. The molecule has 0 aliphatic heterocycles. The summed E-state index contributed by atoms with van der Waals surface area (Å²) in [7, 11) is 0. The molecule has 0 spiro atoms. The third kappa shape index (κ3) is 4.35. The highest BCUT2D eigenvalue weighted by Gasteiger charge is 2.21. The van der Waals surface area contributed by atoms with Crippen molar-refractivity contribution in [2.45, 2.75) is 20.0 Å². The summed E-state index contributed by atoms with van der Waals surface area (Å²) in [6.07, 6.45) is 1.39. The van der Waals surface area contributed by atoms with E-state index in [4.69, 9.17) is 16.1 Å². The topological polar surface area (TPSA) is 103 Å². The Hall–Kier alpha value is -3.82. The number of nitrogens with one attached hydrogen (secondary N) is 1. The zero-order chi connectivity index (χ0) is 23.7. The van der Waals surface area contributed by atoms with E-state index >= 15 is 0 Å². The number of nitrogens with zero attached hydrogens (tertiary/aromatic N) is 4. The molecule has 0 aliphatic carbocycles. The van der Waals surface area contributed by atoms with E-state index in [1.165, 1.54) is 22.2 Å². The summed E-state index contributed by atoms with van der Waals surface area (Å²) in [6, 6.07) is 16.7. The van der Waals surface area contributed by atoms with E-state index in [1.54, 1.807) is 24.3 Å². The van der Waals surface area contributed by atoms with Crippen LogP contribution >= 0.6 is 22.9 Å². The van der Waals surface area contributed by atoms with E-state index in [2.05, 4.69) is 20.4 Å². The summed E-state index contributed by atoms with van der Waals surface area (Å²) >= 11 is 7.24. The molecule has 0 saturated carbocycles. The van der Waals surface area contributed by atoms with Crippen molar-refractivity contribution < 1.29 is 9.32 Å². The molecular weight excluding hydrogens is 474 g/mol. The predicted octanol–water partition coefficient (Wildman–Crippen LogP) is 4.45. The van der Waals surface area contributed by atoms with Crippen molar-refractivity contribution >= 4 is 39.1 Å². The van der Waals surface area contributed by atoms with Crippen LogP contribution in [0.25, 0.3) is 32.4 Å². The average Bonchev–Trinajstić information content (AvgIpc) is 3.46. The molecule has 34 heavy (non-hydrogen) atoms. The maximum Gasteiger partial charge on any atom is 0.268 e. The molecule has 8 nitrogen and oxygen atoms in total. The Morgan fingerprint density at radius 1 is 1.15 bits per heavy atom. The number of fused-ring (bicyclic) bond motifs is 1. The zero-order valence-electron chi connectivity index (χ0n) is 18.0. The number of aryl methyl sites for hydroxylation is 1. The fraction of sp³-hybridized carbons (Fsp3) is 0.125. The molecule has 3 aromatic heterocycles. The molecule has 10 heteroatoms. The van der Waals surface area contributed by atoms with E-state index in [0.717, 1.165) is 11.1 Å². The molecule has 3 heterocycles. The number of aromatic nitrogens is 4. The highest BCUT2D eigenvalue weighted by atomic mass is 35.5. The number of benzene rings is 2. The molecule has 5 rings (SSSR count). The van der Waals surface area contributed by atoms with E-state index in [9.17, 15) is 9.59 Å². The highest BCUT2D eigenvalue weighted by molar-refractivity contribution is 7.22. The van der Waals surface area contributed by atoms with Crippen molar-refractivity contribution in [1.82, 2.24) is 25.0 Å². The molecule has 0 aliphatic rings. The first-order chi connectivity index (χ1) is 16.5. The number of thiophene rings is 1. The summed E-state index contributed by atoms with van der Waals surface area (Å²) in [5.74, 6) is 0.450. The maximum atomic E-state index is 13.1. The van der Waals surface area contributed by atoms with Crippen molar-refractivity contribution in [3.05, 3.63) is 87.4 Å². The van der Waals surface area contributed by atoms with Gasteiger partial charge in [-0.2, -0.15) is 4.98 Å². The Morgan fingerprint density at radius 3 is 2.68 bits per heavy atom. The summed E-state index contributed by atoms with van der Waals surface area (Å²) in [6.45, 7) is 2.07. The maximum absolute atomic E-state index is 13.1. The molecular formula is C24H18ClN5O3S. The van der Waals surface area contributed by atoms with Gasteiger partial charge in [0.25, 0.3) is 11.4 Å². The minimum atomic E-state index is -0.294. The van der Waals surface area contributed by atoms with E-state index in [1.807, 2.05) is 37.3 Å². The van der Waals surface area contributed by atoms with Gasteiger partial charge in [-0.05, 0) is 42.3 Å². The van der Waals surface area contributed by atoms with Crippen LogP contribution in [0.2, 0.25) is 5.02 Å². The van der Waals surface area contributed by atoms with Gasteiger partial charge in [-0.15, -0.1) is 11.3 Å². The first-order valence-electron chi connectivity index (χ1n) is 10.4. The van der Waals surface area contributed by atoms with E-state index < -0.39 is 0 Å². The second-order valence-electron chi connectivity index (χ2n) is 7.61. The average molecular weight is 492 g/mol. The van der Waals surface area contributed by atoms with Crippen molar-refractivity contribution in [2.75, 3.05) is 0 Å². The van der Waals surface area contributed by atoms with Crippen LogP contribution in [0.4, 0.5) is 0 Å². The van der Waals surface area contributed by atoms with Crippen molar-refractivity contribution in [2.24, 2.45) is 0 Å². The number of hydrogen-bond acceptors (Lipinski definition) is 7. The Morgan fingerprint density at radius 2 is 1.91 bits per heavy atom. The molecule has 0 atom stereocenters. The second-order valence-corrected chi connectivity index (χ2v) is 9.04. The molecule has 0 unspecified atom stereocenters. The van der Waals surface area contributed by atoms with Crippen LogP contribution in [0.3, 0.4) is 0 Å². The molecule has 1 amide bonds. The second kappa shape index (κ2) is 9.20. The number of carbonyl (C=O) groups is 1. The Bertz CT molecular complexity index is 1540. The van der Waals surface area contributed by atoms with Crippen molar-refractivity contribution in [1.29, 1.82) is 0 Å². The van der Waals surface area contributed by atoms with Crippen LogP contribution in [-0.2, 0) is 17.9 Å². The number of hydrogen-bond donors (Lipinski definition) is 1. The largest absolute Gasteiger partial charge is 0.350 e. The molecule has 170 valence electrons. The first-order valence-corrected chi connectivity index (χ1v) is 11.6. The Kier molecular flexibility index (Phi) is 5.95. The predicted molar refractivity (Wildman–Crippen MR) is 131 cm³/mol. The monoisotopic (exact) mass is 491 g/mol. The lowest BCUT2D eigenvalue weighted by atomic mass is 10.2. The number of amides is 1. The van der Waals surface area contributed by atoms with Gasteiger partial charge in [-0.25, -0.2) is 4.98 Å². The third-order valence-electron chi connectivity index (χ3n) is 5.29. The van der Waals surface area contributed by atoms with Gasteiger partial charge in [0.2, 0.25) is 11.7 Å². The summed E-state index contributed by atoms with van der Waals surface area (Å²) < 4.78 is 6.77. The fourth-order valence-electron chi connectivity index (χ4n) is 3.51. The van der Waals surface area contributed by atoms with Gasteiger partial charge < -0.3 is 9.84 Å². The SMILES string of the molecule is Cc1c(-c2nc(-c3ccc(Cl)cc3)no2)sc2ncn(CC(=O)NCc3ccccc3)c(=O)c12. The van der Waals surface area contributed by atoms with E-state index in [0.29, 0.717) is 43.9 Å². The van der Waals surface area contributed by atoms with E-state index in [-0.39, 0.29) is 18.0 Å². The molecule has 0 bridgehead atoms. The molecule has 0 saturated heterocycles. The van der Waals surface area contributed by atoms with Crippen molar-refractivity contribution in [3.63, 3.8) is 0 Å². The van der Waals surface area contributed by atoms with Gasteiger partial charge in [0.15, 0.2) is 0 Å². The molecule has 0 radical (unpaired) electrons. The highest BCUT2D eigenvalue weighted by Crippen LogP contribution is 2.35. The normalized spacial score (nSPS) is 11.1. The number of carbonyl (C=O) groups excluding carboxylic acids is 1. The zero-order valence-corrected chi connectivity index (χ0v) is 19.6. The van der Waals surface area contributed by atoms with Crippen LogP contribution in [-0.4, -0.2) is 25.6 Å². The quantitative estimate of drug-likeness (QED) is 0.376. The summed E-state index contributed by atoms with van der Waals surface area (Å²) in [5.41, 5.74) is 2.13. The fourth-order valence-corrected chi connectivity index (χ4v) is 4.70. The molecule has 2 aromatic carbocycles. The number of rotatable bonds is 6. The van der Waals surface area contributed by atoms with Crippen molar-refractivity contribution in [3.8, 4) is 22.2 Å². The van der Waals surface area contributed by atoms with Gasteiger partial charge in [0, 0.05) is 17.1 Å². The minimum absolute atomic E-state index is 0.125. The minimum Gasteiger partial charge on any atom is -0.350 e. The van der Waals surface area contributed by atoms with Gasteiger partial charge in [-0.3, -0.25) is 14.2 Å².